The molecule has 0 bridgehead atoms. The molecule has 2 rings (SSSR count). The van der Waals surface area contributed by atoms with Gasteiger partial charge in [-0.05, 0) is 58.6 Å². The summed E-state index contributed by atoms with van der Waals surface area (Å²) in [6, 6.07) is 1.50. The van der Waals surface area contributed by atoms with Gasteiger partial charge < -0.3 is 19.9 Å². The summed E-state index contributed by atoms with van der Waals surface area (Å²) in [6.45, 7) is 7.99. The molecular weight excluding hydrogens is 356 g/mol. The van der Waals surface area contributed by atoms with Gasteiger partial charge in [-0.3, -0.25) is 4.79 Å². The Morgan fingerprint density at radius 1 is 1.25 bits per heavy atom. The van der Waals surface area contributed by atoms with Crippen LogP contribution in [-0.2, 0) is 13.0 Å². The molecule has 0 aliphatic rings. The molecule has 0 saturated heterocycles. The third-order valence-electron chi connectivity index (χ3n) is 4.46. The van der Waals surface area contributed by atoms with Crippen molar-refractivity contribution in [1.29, 1.82) is 0 Å². The molecule has 0 spiro atoms. The largest absolute Gasteiger partial charge is 0.508 e. The fourth-order valence-electron chi connectivity index (χ4n) is 2.86. The molecule has 3 N–H and O–H groups in total. The Bertz CT molecular complexity index is 876. The van der Waals surface area contributed by atoms with Gasteiger partial charge in [0.25, 0.3) is 5.91 Å². The average molecular weight is 384 g/mol. The fourth-order valence-corrected chi connectivity index (χ4v) is 2.86. The maximum absolute atomic E-state index is 12.6. The summed E-state index contributed by atoms with van der Waals surface area (Å²) in [7, 11) is 0. The number of hydrogen-bond donors (Lipinski definition) is 3. The highest BCUT2D eigenvalue weighted by Gasteiger charge is 2.20. The fraction of sp³-hybridized carbons (Fsp3) is 0.364. The Kier molecular flexibility index (Phi) is 7.44. The predicted octanol–water partition coefficient (Wildman–Crippen LogP) is 4.56. The minimum atomic E-state index is -0.433. The number of carbonyl (C=O) groups excluding carboxylic acids is 1. The lowest BCUT2D eigenvalue weighted by molar-refractivity contribution is 0.0944. The second kappa shape index (κ2) is 9.78. The summed E-state index contributed by atoms with van der Waals surface area (Å²) in [5, 5.41) is 23.6. The van der Waals surface area contributed by atoms with Crippen molar-refractivity contribution in [2.24, 2.45) is 0 Å². The van der Waals surface area contributed by atoms with E-state index >= 15 is 0 Å². The van der Waals surface area contributed by atoms with Crippen molar-refractivity contribution in [3.05, 3.63) is 64.4 Å². The molecule has 0 unspecified atom stereocenters. The van der Waals surface area contributed by atoms with Crippen molar-refractivity contribution in [2.75, 3.05) is 0 Å². The van der Waals surface area contributed by atoms with Crippen LogP contribution in [0.4, 0.5) is 0 Å². The van der Waals surface area contributed by atoms with Crippen LogP contribution in [0.5, 0.6) is 11.5 Å². The minimum Gasteiger partial charge on any atom is -0.508 e. The molecule has 0 aliphatic carbocycles. The van der Waals surface area contributed by atoms with Crippen LogP contribution in [0.25, 0.3) is 0 Å². The lowest BCUT2D eigenvalue weighted by Gasteiger charge is -2.14. The van der Waals surface area contributed by atoms with Crippen LogP contribution in [0.3, 0.4) is 0 Å². The number of rotatable bonds is 8. The van der Waals surface area contributed by atoms with E-state index in [1.165, 1.54) is 24.2 Å². The van der Waals surface area contributed by atoms with E-state index in [1.54, 1.807) is 6.92 Å². The highest BCUT2D eigenvalue weighted by Crippen LogP contribution is 2.34. The predicted molar refractivity (Wildman–Crippen MR) is 108 cm³/mol. The number of nitrogens with one attached hydrogen (secondary N) is 1. The smallest absolute Gasteiger partial charge is 0.255 e. The zero-order valence-corrected chi connectivity index (χ0v) is 16.9. The molecule has 0 fully saturated rings. The maximum atomic E-state index is 12.6. The van der Waals surface area contributed by atoms with Crippen LogP contribution in [0.15, 0.2) is 46.4 Å². The van der Waals surface area contributed by atoms with Crippen LogP contribution in [0.2, 0.25) is 0 Å². The Morgan fingerprint density at radius 2 is 2.00 bits per heavy atom. The van der Waals surface area contributed by atoms with Crippen LogP contribution in [0, 0.1) is 6.92 Å². The summed E-state index contributed by atoms with van der Waals surface area (Å²) in [4.78, 5) is 16.3. The van der Waals surface area contributed by atoms with E-state index in [-0.39, 0.29) is 23.6 Å². The maximum Gasteiger partial charge on any atom is 0.255 e. The number of oxazole rings is 1. The monoisotopic (exact) mass is 384 g/mol. The van der Waals surface area contributed by atoms with Gasteiger partial charge in [-0.1, -0.05) is 23.3 Å². The van der Waals surface area contributed by atoms with Crippen molar-refractivity contribution < 1.29 is 19.4 Å². The normalized spacial score (nSPS) is 11.4. The van der Waals surface area contributed by atoms with Crippen LogP contribution < -0.4 is 5.32 Å². The van der Waals surface area contributed by atoms with Gasteiger partial charge in [0.1, 0.15) is 17.3 Å². The summed E-state index contributed by atoms with van der Waals surface area (Å²) in [5.41, 5.74) is 3.44. The first kappa shape index (κ1) is 21.3. The second-order valence-corrected chi connectivity index (χ2v) is 7.14. The van der Waals surface area contributed by atoms with Crippen LogP contribution >= 0.6 is 0 Å². The molecule has 6 nitrogen and oxygen atoms in total. The number of phenolic OH excluding ortho intramolecular Hbond substituents is 2. The first-order chi connectivity index (χ1) is 13.3. The molecule has 28 heavy (non-hydrogen) atoms. The summed E-state index contributed by atoms with van der Waals surface area (Å²) in [6.07, 6.45) is 9.15. The van der Waals surface area contributed by atoms with E-state index < -0.39 is 5.91 Å². The van der Waals surface area contributed by atoms with Gasteiger partial charge in [-0.2, -0.15) is 0 Å². The number of aromatic hydroxyl groups is 2. The summed E-state index contributed by atoms with van der Waals surface area (Å²) >= 11 is 0. The van der Waals surface area contributed by atoms with Crippen molar-refractivity contribution in [3.63, 3.8) is 0 Å². The Hall–Kier alpha value is -3.02. The third-order valence-corrected chi connectivity index (χ3v) is 4.46. The molecule has 0 radical (unpaired) electrons. The molecule has 0 atom stereocenters. The average Bonchev–Trinajstić information content (AvgIpc) is 3.12. The van der Waals surface area contributed by atoms with Gasteiger partial charge in [-0.15, -0.1) is 0 Å². The van der Waals surface area contributed by atoms with Crippen LogP contribution in [-0.4, -0.2) is 21.1 Å². The molecule has 2 aromatic rings. The zero-order chi connectivity index (χ0) is 20.7. The number of phenols is 2. The van der Waals surface area contributed by atoms with Crippen molar-refractivity contribution >= 4 is 5.91 Å². The number of hydrogen-bond acceptors (Lipinski definition) is 5. The quantitative estimate of drug-likeness (QED) is 0.580. The lowest BCUT2D eigenvalue weighted by Crippen LogP contribution is -2.23. The zero-order valence-electron chi connectivity index (χ0n) is 16.9. The number of benzene rings is 1. The highest BCUT2D eigenvalue weighted by molar-refractivity contribution is 5.99. The van der Waals surface area contributed by atoms with E-state index in [0.29, 0.717) is 23.3 Å². The molecule has 1 aromatic carbocycles. The number of nitrogens with zero attached hydrogens (tertiary/aromatic N) is 1. The van der Waals surface area contributed by atoms with Crippen LogP contribution in [0.1, 0.15) is 60.9 Å². The first-order valence-electron chi connectivity index (χ1n) is 9.28. The van der Waals surface area contributed by atoms with E-state index in [9.17, 15) is 15.0 Å². The van der Waals surface area contributed by atoms with Gasteiger partial charge in [0.05, 0.1) is 18.3 Å². The Morgan fingerprint density at radius 3 is 2.64 bits per heavy atom. The van der Waals surface area contributed by atoms with Gasteiger partial charge in [0, 0.05) is 5.56 Å². The topological polar surface area (TPSA) is 95.6 Å². The lowest BCUT2D eigenvalue weighted by atomic mass is 9.98. The summed E-state index contributed by atoms with van der Waals surface area (Å²) < 4.78 is 5.09. The van der Waals surface area contributed by atoms with Crippen molar-refractivity contribution in [2.45, 2.75) is 53.5 Å². The van der Waals surface area contributed by atoms with Gasteiger partial charge in [-0.25, -0.2) is 4.98 Å². The molecular formula is C22H28N2O4. The SMILES string of the molecule is CC(C)=CCC/C(C)=C/Cc1c(O)cc(C)c(C(=O)NCc2cnco2)c1O. The Balaban J connectivity index is 2.15. The number of aromatic nitrogens is 1. The molecule has 6 heteroatoms. The minimum absolute atomic E-state index is 0.0184. The van der Waals surface area contributed by atoms with Gasteiger partial charge in [0.2, 0.25) is 0 Å². The molecule has 1 amide bonds. The van der Waals surface area contributed by atoms with E-state index in [1.807, 2.05) is 13.0 Å². The van der Waals surface area contributed by atoms with Gasteiger partial charge >= 0.3 is 0 Å². The molecule has 0 saturated carbocycles. The summed E-state index contributed by atoms with van der Waals surface area (Å²) in [5.74, 6) is -0.132. The number of carbonyl (C=O) groups is 1. The van der Waals surface area contributed by atoms with Crippen molar-refractivity contribution in [3.8, 4) is 11.5 Å². The molecule has 0 aliphatic heterocycles. The molecule has 1 heterocycles. The van der Waals surface area contributed by atoms with E-state index in [0.717, 1.165) is 18.4 Å². The van der Waals surface area contributed by atoms with Crippen molar-refractivity contribution in [1.82, 2.24) is 10.3 Å². The number of amides is 1. The molecule has 1 aromatic heterocycles. The number of allylic oxidation sites excluding steroid dienone is 4. The first-order valence-corrected chi connectivity index (χ1v) is 9.28. The standard InChI is InChI=1S/C22H28N2O4/c1-14(2)6-5-7-15(3)8-9-18-19(25)10-16(4)20(21(18)26)22(27)24-12-17-11-23-13-28-17/h6,8,10-11,13,25-26H,5,7,9,12H2,1-4H3,(H,24,27)/b15-8+. The van der Waals surface area contributed by atoms with Gasteiger partial charge in [0.15, 0.2) is 6.39 Å². The third kappa shape index (κ3) is 5.74. The second-order valence-electron chi connectivity index (χ2n) is 7.14. The number of aryl methyl sites for hydroxylation is 1. The Labute approximate surface area is 165 Å². The van der Waals surface area contributed by atoms with E-state index in [4.69, 9.17) is 4.42 Å². The molecule has 150 valence electrons. The highest BCUT2D eigenvalue weighted by atomic mass is 16.3. The van der Waals surface area contributed by atoms with E-state index in [2.05, 4.69) is 30.2 Å².